The highest BCUT2D eigenvalue weighted by Crippen LogP contribution is 2.35. The van der Waals surface area contributed by atoms with Crippen LogP contribution in [0.3, 0.4) is 0 Å². The molecule has 3 aromatic rings. The second kappa shape index (κ2) is 9.54. The van der Waals surface area contributed by atoms with Crippen molar-refractivity contribution >= 4 is 51.7 Å². The van der Waals surface area contributed by atoms with E-state index < -0.39 is 0 Å². The molecule has 0 spiro atoms. The van der Waals surface area contributed by atoms with E-state index in [-0.39, 0.29) is 23.8 Å². The first-order chi connectivity index (χ1) is 16.8. The molecular weight excluding hydrogens is 483 g/mol. The maximum Gasteiger partial charge on any atom is 0.267 e. The maximum absolute atomic E-state index is 13.6. The van der Waals surface area contributed by atoms with E-state index in [1.165, 1.54) is 33.2 Å². The highest BCUT2D eigenvalue weighted by Gasteiger charge is 2.33. The summed E-state index contributed by atoms with van der Waals surface area (Å²) in [6.45, 7) is 6.01. The van der Waals surface area contributed by atoms with Crippen molar-refractivity contribution in [1.29, 1.82) is 0 Å². The minimum atomic E-state index is -0.335. The van der Waals surface area contributed by atoms with Crippen LogP contribution in [0.1, 0.15) is 36.5 Å². The fourth-order valence-electron chi connectivity index (χ4n) is 4.37. The monoisotopic (exact) mass is 508 g/mol. The lowest BCUT2D eigenvalue weighted by molar-refractivity contribution is -0.122. The average molecular weight is 509 g/mol. The van der Waals surface area contributed by atoms with Crippen LogP contribution in [0, 0.1) is 18.7 Å². The van der Waals surface area contributed by atoms with Gasteiger partial charge in [0.15, 0.2) is 0 Å². The molecule has 2 saturated heterocycles. The van der Waals surface area contributed by atoms with Crippen molar-refractivity contribution in [3.05, 3.63) is 80.4 Å². The number of carbonyl (C=O) groups excluding carboxylic acids is 1. The Morgan fingerprint density at radius 2 is 1.86 bits per heavy atom. The van der Waals surface area contributed by atoms with E-state index in [0.29, 0.717) is 32.2 Å². The number of benzene rings is 1. The molecular formula is C26H25FN4O2S2. The minimum Gasteiger partial charge on any atom is -0.356 e. The molecule has 2 aliphatic rings. The number of fused-ring (bicyclic) bond motifs is 1. The number of aryl methyl sites for hydroxylation is 1. The van der Waals surface area contributed by atoms with Crippen LogP contribution in [0.5, 0.6) is 0 Å². The molecule has 0 N–H and O–H groups in total. The number of anilines is 1. The molecule has 1 aromatic carbocycles. The first kappa shape index (κ1) is 23.7. The summed E-state index contributed by atoms with van der Waals surface area (Å²) in [4.78, 5) is 35.8. The summed E-state index contributed by atoms with van der Waals surface area (Å²) in [6, 6.07) is 9.77. The Morgan fingerprint density at radius 1 is 1.14 bits per heavy atom. The van der Waals surface area contributed by atoms with Crippen molar-refractivity contribution in [2.75, 3.05) is 18.0 Å². The SMILES string of the molecule is Cc1ccc2nc(N3CCC(C)CC3)c(C=C3SC(=S)N(Cc4ccc(F)cc4)C3=O)c(=O)n2c1. The summed E-state index contributed by atoms with van der Waals surface area (Å²) in [5.74, 6) is 0.630. The van der Waals surface area contributed by atoms with E-state index in [9.17, 15) is 14.0 Å². The van der Waals surface area contributed by atoms with Crippen molar-refractivity contribution < 1.29 is 9.18 Å². The normalized spacial score (nSPS) is 18.3. The Morgan fingerprint density at radius 3 is 2.57 bits per heavy atom. The summed E-state index contributed by atoms with van der Waals surface area (Å²) in [5, 5.41) is 0. The van der Waals surface area contributed by atoms with Crippen molar-refractivity contribution in [3.8, 4) is 0 Å². The number of hydrogen-bond donors (Lipinski definition) is 0. The number of aromatic nitrogens is 2. The number of hydrogen-bond acceptors (Lipinski definition) is 6. The largest absolute Gasteiger partial charge is 0.356 e. The van der Waals surface area contributed by atoms with Crippen LogP contribution in [0.15, 0.2) is 52.3 Å². The quantitative estimate of drug-likeness (QED) is 0.374. The molecule has 4 heterocycles. The number of halogens is 1. The van der Waals surface area contributed by atoms with Gasteiger partial charge < -0.3 is 4.90 Å². The zero-order chi connectivity index (χ0) is 24.7. The second-order valence-electron chi connectivity index (χ2n) is 9.15. The van der Waals surface area contributed by atoms with Crippen molar-refractivity contribution in [3.63, 3.8) is 0 Å². The van der Waals surface area contributed by atoms with E-state index in [4.69, 9.17) is 17.2 Å². The molecule has 2 aliphatic heterocycles. The van der Waals surface area contributed by atoms with Gasteiger partial charge in [0.1, 0.15) is 21.6 Å². The van der Waals surface area contributed by atoms with Gasteiger partial charge in [-0.2, -0.15) is 0 Å². The Kier molecular flexibility index (Phi) is 6.46. The van der Waals surface area contributed by atoms with E-state index in [1.807, 2.05) is 19.1 Å². The smallest absolute Gasteiger partial charge is 0.267 e. The lowest BCUT2D eigenvalue weighted by Gasteiger charge is -2.32. The molecule has 2 aromatic heterocycles. The molecule has 0 radical (unpaired) electrons. The van der Waals surface area contributed by atoms with Crippen LogP contribution in [-0.2, 0) is 11.3 Å². The van der Waals surface area contributed by atoms with Crippen LogP contribution in [-0.4, -0.2) is 37.6 Å². The molecule has 0 saturated carbocycles. The Balaban J connectivity index is 1.55. The Labute approximate surface area is 212 Å². The van der Waals surface area contributed by atoms with Gasteiger partial charge in [-0.05, 0) is 61.1 Å². The fraction of sp³-hybridized carbons (Fsp3) is 0.308. The van der Waals surface area contributed by atoms with Gasteiger partial charge >= 0.3 is 0 Å². The summed E-state index contributed by atoms with van der Waals surface area (Å²) in [7, 11) is 0. The predicted octanol–water partition coefficient (Wildman–Crippen LogP) is 4.78. The maximum atomic E-state index is 13.6. The number of thiocarbonyl (C=S) groups is 1. The third-order valence-corrected chi connectivity index (χ3v) is 7.85. The molecule has 0 aliphatic carbocycles. The van der Waals surface area contributed by atoms with Gasteiger partial charge in [-0.3, -0.25) is 18.9 Å². The molecule has 9 heteroatoms. The highest BCUT2D eigenvalue weighted by molar-refractivity contribution is 8.26. The predicted molar refractivity (Wildman–Crippen MR) is 142 cm³/mol. The standard InChI is InChI=1S/C26H25FN4O2S2/c1-16-9-11-29(12-10-16)23-20(24(32)30-14-17(2)3-8-22(30)28-23)13-21-25(33)31(26(34)35-21)15-18-4-6-19(27)7-5-18/h3-8,13-14,16H,9-12,15H2,1-2H3. The highest BCUT2D eigenvalue weighted by atomic mass is 32.2. The molecule has 0 atom stereocenters. The number of piperidine rings is 1. The molecule has 5 rings (SSSR count). The van der Waals surface area contributed by atoms with Crippen LogP contribution in [0.4, 0.5) is 10.2 Å². The fourth-order valence-corrected chi connectivity index (χ4v) is 5.61. The minimum absolute atomic E-state index is 0.212. The van der Waals surface area contributed by atoms with E-state index in [2.05, 4.69) is 11.8 Å². The zero-order valence-electron chi connectivity index (χ0n) is 19.5. The van der Waals surface area contributed by atoms with Crippen LogP contribution in [0.2, 0.25) is 0 Å². The number of amides is 1. The van der Waals surface area contributed by atoms with Crippen LogP contribution in [0.25, 0.3) is 11.7 Å². The first-order valence-corrected chi connectivity index (χ1v) is 12.8. The summed E-state index contributed by atoms with van der Waals surface area (Å²) in [5.41, 5.74) is 2.48. The van der Waals surface area contributed by atoms with Gasteiger partial charge in [-0.25, -0.2) is 9.37 Å². The van der Waals surface area contributed by atoms with Gasteiger partial charge in [-0.15, -0.1) is 0 Å². The lowest BCUT2D eigenvalue weighted by atomic mass is 9.99. The molecule has 0 unspecified atom stereocenters. The van der Waals surface area contributed by atoms with E-state index in [0.717, 1.165) is 37.1 Å². The van der Waals surface area contributed by atoms with Crippen molar-refractivity contribution in [1.82, 2.24) is 14.3 Å². The van der Waals surface area contributed by atoms with Crippen molar-refractivity contribution in [2.45, 2.75) is 33.2 Å². The van der Waals surface area contributed by atoms with Gasteiger partial charge in [-0.1, -0.05) is 49.1 Å². The zero-order valence-corrected chi connectivity index (χ0v) is 21.2. The van der Waals surface area contributed by atoms with Crippen molar-refractivity contribution in [2.24, 2.45) is 5.92 Å². The summed E-state index contributed by atoms with van der Waals surface area (Å²) >= 11 is 6.65. The number of rotatable bonds is 4. The Hall–Kier alpha value is -3.04. The third kappa shape index (κ3) is 4.75. The number of thioether (sulfide) groups is 1. The van der Waals surface area contributed by atoms with Gasteiger partial charge in [0, 0.05) is 19.3 Å². The summed E-state index contributed by atoms with van der Waals surface area (Å²) in [6.07, 6.45) is 5.45. The molecule has 180 valence electrons. The Bertz CT molecular complexity index is 1410. The summed E-state index contributed by atoms with van der Waals surface area (Å²) < 4.78 is 15.2. The lowest BCUT2D eigenvalue weighted by Crippen LogP contribution is -2.36. The number of nitrogens with zero attached hydrogens (tertiary/aromatic N) is 4. The molecule has 6 nitrogen and oxygen atoms in total. The number of pyridine rings is 1. The van der Waals surface area contributed by atoms with E-state index >= 15 is 0 Å². The molecule has 0 bridgehead atoms. The number of carbonyl (C=O) groups is 1. The third-order valence-electron chi connectivity index (χ3n) is 6.47. The second-order valence-corrected chi connectivity index (χ2v) is 10.8. The van der Waals surface area contributed by atoms with E-state index in [1.54, 1.807) is 24.4 Å². The first-order valence-electron chi connectivity index (χ1n) is 11.6. The van der Waals surface area contributed by atoms with Gasteiger partial charge in [0.25, 0.3) is 11.5 Å². The van der Waals surface area contributed by atoms with Crippen LogP contribution >= 0.6 is 24.0 Å². The molecule has 1 amide bonds. The average Bonchev–Trinajstić information content (AvgIpc) is 3.10. The topological polar surface area (TPSA) is 57.9 Å². The van der Waals surface area contributed by atoms with Gasteiger partial charge in [0.05, 0.1) is 17.0 Å². The molecule has 2 fully saturated rings. The van der Waals surface area contributed by atoms with Crippen LogP contribution < -0.4 is 10.5 Å². The molecule has 35 heavy (non-hydrogen) atoms. The van der Waals surface area contributed by atoms with Gasteiger partial charge in [0.2, 0.25) is 0 Å².